The van der Waals surface area contributed by atoms with Crippen LogP contribution in [-0.2, 0) is 6.42 Å². The van der Waals surface area contributed by atoms with E-state index in [1.807, 2.05) is 24.3 Å². The Labute approximate surface area is 112 Å². The molecule has 98 valence electrons. The Bertz CT molecular complexity index is 581. The molecule has 2 rings (SSSR count). The van der Waals surface area contributed by atoms with E-state index >= 15 is 0 Å². The predicted octanol–water partition coefficient (Wildman–Crippen LogP) is 2.52. The summed E-state index contributed by atoms with van der Waals surface area (Å²) in [6, 6.07) is 9.14. The van der Waals surface area contributed by atoms with Gasteiger partial charge in [0.25, 0.3) is 0 Å². The third-order valence-electron chi connectivity index (χ3n) is 2.85. The van der Waals surface area contributed by atoms with E-state index in [0.29, 0.717) is 17.1 Å². The standard InChI is InChI=1S/C15H15NO3/c1-18-14-6-4-3-5-11(14)9-13(17)12-7-8-16-10-15(12)19-2/h3-8,10H,9H2,1-2H3. The van der Waals surface area contributed by atoms with Gasteiger partial charge in [0.2, 0.25) is 0 Å². The average Bonchev–Trinajstić information content (AvgIpc) is 2.47. The van der Waals surface area contributed by atoms with Gasteiger partial charge in [-0.3, -0.25) is 9.78 Å². The Morgan fingerprint density at radius 3 is 2.58 bits per heavy atom. The summed E-state index contributed by atoms with van der Waals surface area (Å²) in [6.45, 7) is 0. The van der Waals surface area contributed by atoms with Crippen molar-refractivity contribution in [3.8, 4) is 11.5 Å². The van der Waals surface area contributed by atoms with Crippen LogP contribution in [0.5, 0.6) is 11.5 Å². The molecule has 0 fully saturated rings. The molecule has 0 bridgehead atoms. The van der Waals surface area contributed by atoms with Crippen LogP contribution in [0.15, 0.2) is 42.7 Å². The monoisotopic (exact) mass is 257 g/mol. The number of aromatic nitrogens is 1. The highest BCUT2D eigenvalue weighted by Crippen LogP contribution is 2.22. The van der Waals surface area contributed by atoms with Gasteiger partial charge in [-0.05, 0) is 12.1 Å². The van der Waals surface area contributed by atoms with E-state index in [-0.39, 0.29) is 12.2 Å². The SMILES string of the molecule is COc1ccccc1CC(=O)c1ccncc1OC. The first-order valence-electron chi connectivity index (χ1n) is 5.89. The second-order valence-corrected chi connectivity index (χ2v) is 3.99. The molecule has 0 amide bonds. The first-order chi connectivity index (χ1) is 9.26. The zero-order valence-electron chi connectivity index (χ0n) is 10.9. The molecular weight excluding hydrogens is 242 g/mol. The van der Waals surface area contributed by atoms with Gasteiger partial charge >= 0.3 is 0 Å². The van der Waals surface area contributed by atoms with Crippen LogP contribution in [0.25, 0.3) is 0 Å². The summed E-state index contributed by atoms with van der Waals surface area (Å²) in [7, 11) is 3.12. The molecule has 1 heterocycles. The summed E-state index contributed by atoms with van der Waals surface area (Å²) >= 11 is 0. The number of ketones is 1. The molecular formula is C15H15NO3. The number of para-hydroxylation sites is 1. The third kappa shape index (κ3) is 2.91. The van der Waals surface area contributed by atoms with Crippen LogP contribution in [0.4, 0.5) is 0 Å². The molecule has 0 N–H and O–H groups in total. The Balaban J connectivity index is 2.26. The van der Waals surface area contributed by atoms with Crippen LogP contribution >= 0.6 is 0 Å². The number of rotatable bonds is 5. The minimum Gasteiger partial charge on any atom is -0.496 e. The fourth-order valence-corrected chi connectivity index (χ4v) is 1.89. The summed E-state index contributed by atoms with van der Waals surface area (Å²) in [6.07, 6.45) is 3.39. The molecule has 0 unspecified atom stereocenters. The maximum atomic E-state index is 12.3. The normalized spacial score (nSPS) is 10.0. The minimum absolute atomic E-state index is 0.0243. The lowest BCUT2D eigenvalue weighted by Gasteiger charge is -2.09. The molecule has 4 heteroatoms. The maximum Gasteiger partial charge on any atom is 0.171 e. The van der Waals surface area contributed by atoms with Crippen LogP contribution in [-0.4, -0.2) is 25.0 Å². The smallest absolute Gasteiger partial charge is 0.171 e. The molecule has 1 aromatic heterocycles. The molecule has 0 aliphatic heterocycles. The van der Waals surface area contributed by atoms with Crippen LogP contribution in [0.2, 0.25) is 0 Å². The van der Waals surface area contributed by atoms with E-state index in [1.165, 1.54) is 13.3 Å². The van der Waals surface area contributed by atoms with Crippen molar-refractivity contribution in [2.24, 2.45) is 0 Å². The summed E-state index contributed by atoms with van der Waals surface area (Å²) in [5, 5.41) is 0. The zero-order valence-corrected chi connectivity index (χ0v) is 10.9. The molecule has 0 atom stereocenters. The number of carbonyl (C=O) groups is 1. The van der Waals surface area contributed by atoms with Gasteiger partial charge < -0.3 is 9.47 Å². The highest BCUT2D eigenvalue weighted by atomic mass is 16.5. The van der Waals surface area contributed by atoms with Gasteiger partial charge in [0.05, 0.1) is 26.0 Å². The van der Waals surface area contributed by atoms with Gasteiger partial charge in [0.1, 0.15) is 11.5 Å². The van der Waals surface area contributed by atoms with E-state index < -0.39 is 0 Å². The van der Waals surface area contributed by atoms with Crippen LogP contribution in [0.3, 0.4) is 0 Å². The average molecular weight is 257 g/mol. The van der Waals surface area contributed by atoms with Crippen molar-refractivity contribution in [1.82, 2.24) is 4.98 Å². The van der Waals surface area contributed by atoms with Gasteiger partial charge in [0, 0.05) is 18.2 Å². The highest BCUT2D eigenvalue weighted by Gasteiger charge is 2.14. The molecule has 2 aromatic rings. The number of hydrogen-bond donors (Lipinski definition) is 0. The van der Waals surface area contributed by atoms with Crippen LogP contribution in [0, 0.1) is 0 Å². The van der Waals surface area contributed by atoms with Crippen molar-refractivity contribution in [3.05, 3.63) is 53.9 Å². The second kappa shape index (κ2) is 6.00. The molecule has 0 saturated carbocycles. The summed E-state index contributed by atoms with van der Waals surface area (Å²) in [5.74, 6) is 1.18. The Morgan fingerprint density at radius 1 is 1.11 bits per heavy atom. The van der Waals surface area contributed by atoms with Crippen molar-refractivity contribution in [3.63, 3.8) is 0 Å². The van der Waals surface area contributed by atoms with Gasteiger partial charge in [-0.15, -0.1) is 0 Å². The lowest BCUT2D eigenvalue weighted by atomic mass is 10.0. The largest absolute Gasteiger partial charge is 0.496 e. The first-order valence-corrected chi connectivity index (χ1v) is 5.89. The third-order valence-corrected chi connectivity index (χ3v) is 2.85. The fourth-order valence-electron chi connectivity index (χ4n) is 1.89. The molecule has 0 aliphatic carbocycles. The topological polar surface area (TPSA) is 48.4 Å². The van der Waals surface area contributed by atoms with Crippen molar-refractivity contribution >= 4 is 5.78 Å². The van der Waals surface area contributed by atoms with Crippen LogP contribution < -0.4 is 9.47 Å². The molecule has 4 nitrogen and oxygen atoms in total. The Morgan fingerprint density at radius 2 is 1.84 bits per heavy atom. The van der Waals surface area contributed by atoms with Crippen molar-refractivity contribution in [2.75, 3.05) is 14.2 Å². The Kier molecular flexibility index (Phi) is 4.13. The van der Waals surface area contributed by atoms with Gasteiger partial charge in [-0.2, -0.15) is 0 Å². The van der Waals surface area contributed by atoms with E-state index in [1.54, 1.807) is 19.4 Å². The Hall–Kier alpha value is -2.36. The van der Waals surface area contributed by atoms with Crippen molar-refractivity contribution < 1.29 is 14.3 Å². The molecule has 0 radical (unpaired) electrons. The number of nitrogens with zero attached hydrogens (tertiary/aromatic N) is 1. The van der Waals surface area contributed by atoms with Crippen molar-refractivity contribution in [1.29, 1.82) is 0 Å². The number of pyridine rings is 1. The van der Waals surface area contributed by atoms with E-state index in [0.717, 1.165) is 5.56 Å². The molecule has 1 aromatic carbocycles. The lowest BCUT2D eigenvalue weighted by Crippen LogP contribution is -2.07. The minimum atomic E-state index is -0.0243. The highest BCUT2D eigenvalue weighted by molar-refractivity contribution is 6.00. The number of ether oxygens (including phenoxy) is 2. The first kappa shape index (κ1) is 13.1. The summed E-state index contributed by atoms with van der Waals surface area (Å²) in [5.41, 5.74) is 1.39. The summed E-state index contributed by atoms with van der Waals surface area (Å²) < 4.78 is 10.4. The second-order valence-electron chi connectivity index (χ2n) is 3.99. The molecule has 0 saturated heterocycles. The quantitative estimate of drug-likeness (QED) is 0.772. The van der Waals surface area contributed by atoms with E-state index in [4.69, 9.17) is 9.47 Å². The maximum absolute atomic E-state index is 12.3. The van der Waals surface area contributed by atoms with Crippen LogP contribution in [0.1, 0.15) is 15.9 Å². The lowest BCUT2D eigenvalue weighted by molar-refractivity contribution is 0.0989. The zero-order chi connectivity index (χ0) is 13.7. The number of benzene rings is 1. The van der Waals surface area contributed by atoms with Gasteiger partial charge in [0.15, 0.2) is 5.78 Å². The van der Waals surface area contributed by atoms with Gasteiger partial charge in [-0.1, -0.05) is 18.2 Å². The van der Waals surface area contributed by atoms with E-state index in [2.05, 4.69) is 4.98 Å². The molecule has 0 aliphatic rings. The predicted molar refractivity (Wildman–Crippen MR) is 71.8 cm³/mol. The van der Waals surface area contributed by atoms with Gasteiger partial charge in [-0.25, -0.2) is 0 Å². The fraction of sp³-hybridized carbons (Fsp3) is 0.200. The number of Topliss-reactive ketones (excluding diaryl/α,β-unsaturated/α-hetero) is 1. The number of methoxy groups -OCH3 is 2. The number of hydrogen-bond acceptors (Lipinski definition) is 4. The molecule has 19 heavy (non-hydrogen) atoms. The number of carbonyl (C=O) groups excluding carboxylic acids is 1. The van der Waals surface area contributed by atoms with Crippen molar-refractivity contribution in [2.45, 2.75) is 6.42 Å². The summed E-state index contributed by atoms with van der Waals surface area (Å²) in [4.78, 5) is 16.2. The molecule has 0 spiro atoms. The van der Waals surface area contributed by atoms with E-state index in [9.17, 15) is 4.79 Å².